The van der Waals surface area contributed by atoms with E-state index < -0.39 is 35.9 Å². The van der Waals surface area contributed by atoms with Crippen LogP contribution in [0.4, 0.5) is 13.6 Å². The summed E-state index contributed by atoms with van der Waals surface area (Å²) < 4.78 is 32.8. The van der Waals surface area contributed by atoms with E-state index in [0.29, 0.717) is 12.6 Å². The monoisotopic (exact) mass is 493 g/mol. The predicted octanol–water partition coefficient (Wildman–Crippen LogP) is 2.45. The van der Waals surface area contributed by atoms with Crippen LogP contribution in [0.15, 0.2) is 48.5 Å². The molecule has 0 aliphatic heterocycles. The number of nitrogens with one attached hydrogen (secondary N) is 3. The van der Waals surface area contributed by atoms with Crippen LogP contribution in [0.1, 0.15) is 25.0 Å². The van der Waals surface area contributed by atoms with E-state index in [1.807, 2.05) is 44.2 Å². The summed E-state index contributed by atoms with van der Waals surface area (Å²) in [5.74, 6) is -1.71. The largest absolute Gasteiger partial charge is 0.465 e. The second-order valence-corrected chi connectivity index (χ2v) is 8.71. The zero-order chi connectivity index (χ0) is 25.8. The van der Waals surface area contributed by atoms with Gasteiger partial charge in [-0.25, -0.2) is 13.6 Å². The normalized spacial score (nSPS) is 13.8. The molecule has 3 atom stereocenters. The van der Waals surface area contributed by atoms with Crippen molar-refractivity contribution in [2.24, 2.45) is 5.92 Å². The minimum atomic E-state index is -1.40. The summed E-state index contributed by atoms with van der Waals surface area (Å²) in [4.78, 5) is 23.9. The number of amides is 2. The molecule has 10 heteroatoms. The Hall–Kier alpha value is -3.08. The van der Waals surface area contributed by atoms with Crippen molar-refractivity contribution in [1.82, 2.24) is 16.0 Å². The molecule has 192 valence electrons. The van der Waals surface area contributed by atoms with Gasteiger partial charge in [-0.05, 0) is 35.6 Å². The summed E-state index contributed by atoms with van der Waals surface area (Å²) in [7, 11) is 0. The van der Waals surface area contributed by atoms with Gasteiger partial charge in [0.1, 0.15) is 17.7 Å². The zero-order valence-corrected chi connectivity index (χ0v) is 19.8. The summed E-state index contributed by atoms with van der Waals surface area (Å²) in [5, 5.41) is 27.7. The first-order valence-electron chi connectivity index (χ1n) is 11.4. The molecule has 5 N–H and O–H groups in total. The first-order chi connectivity index (χ1) is 16.6. The Balaban J connectivity index is 2.02. The van der Waals surface area contributed by atoms with Gasteiger partial charge < -0.3 is 30.9 Å². The lowest BCUT2D eigenvalue weighted by molar-refractivity contribution is -0.125. The molecule has 2 amide bonds. The number of carbonyl (C=O) groups is 2. The number of carboxylic acid groups (broad SMARTS) is 1. The van der Waals surface area contributed by atoms with Crippen molar-refractivity contribution in [3.05, 3.63) is 71.3 Å². The first-order valence-corrected chi connectivity index (χ1v) is 11.4. The summed E-state index contributed by atoms with van der Waals surface area (Å²) in [6, 6.07) is 10.4. The van der Waals surface area contributed by atoms with Crippen LogP contribution in [0, 0.1) is 17.6 Å². The number of aliphatic hydroxyl groups is 1. The third-order valence-corrected chi connectivity index (χ3v) is 5.12. The molecule has 2 rings (SSSR count). The van der Waals surface area contributed by atoms with Crippen LogP contribution in [0.5, 0.6) is 0 Å². The molecule has 0 saturated carbocycles. The maximum Gasteiger partial charge on any atom is 0.404 e. The number of halogens is 2. The Kier molecular flexibility index (Phi) is 11.5. The van der Waals surface area contributed by atoms with Gasteiger partial charge in [-0.1, -0.05) is 44.2 Å². The van der Waals surface area contributed by atoms with Crippen molar-refractivity contribution in [3.63, 3.8) is 0 Å². The second-order valence-electron chi connectivity index (χ2n) is 8.71. The number of hydrogen-bond acceptors (Lipinski definition) is 5. The molecule has 2 aromatic rings. The molecule has 0 spiro atoms. The Bertz CT molecular complexity index is 926. The fourth-order valence-electron chi connectivity index (χ4n) is 3.35. The fourth-order valence-corrected chi connectivity index (χ4v) is 3.35. The van der Waals surface area contributed by atoms with Gasteiger partial charge in [0, 0.05) is 19.2 Å². The minimum Gasteiger partial charge on any atom is -0.465 e. The zero-order valence-electron chi connectivity index (χ0n) is 19.8. The average Bonchev–Trinajstić information content (AvgIpc) is 2.78. The first kappa shape index (κ1) is 28.2. The summed E-state index contributed by atoms with van der Waals surface area (Å²) in [6.45, 7) is 4.49. The van der Waals surface area contributed by atoms with Crippen molar-refractivity contribution in [2.75, 3.05) is 19.7 Å². The standard InChI is InChI=1S/C25H33F2N3O5/c1-16(2)12-29-24(32)22(15-35-14-17-6-4-3-5-7-17)28-13-23(31)21(30-25(33)34)10-18-8-19(26)11-20(27)9-18/h3-9,11,16,21-23,28,30-31H,10,12-15H2,1-2H3,(H,29,32)(H,33,34)/t21-,22-,23-/m0/s1. The number of aliphatic hydroxyl groups excluding tert-OH is 1. The number of ether oxygens (including phenoxy) is 1. The van der Waals surface area contributed by atoms with Gasteiger partial charge in [-0.15, -0.1) is 0 Å². The number of benzene rings is 2. The lowest BCUT2D eigenvalue weighted by Gasteiger charge is -2.26. The topological polar surface area (TPSA) is 120 Å². The third-order valence-electron chi connectivity index (χ3n) is 5.12. The van der Waals surface area contributed by atoms with Crippen LogP contribution in [-0.2, 0) is 22.6 Å². The molecule has 0 fully saturated rings. The van der Waals surface area contributed by atoms with E-state index in [2.05, 4.69) is 16.0 Å². The van der Waals surface area contributed by atoms with Crippen LogP contribution in [0.25, 0.3) is 0 Å². The number of rotatable bonds is 14. The maximum absolute atomic E-state index is 13.5. The molecule has 0 unspecified atom stereocenters. The van der Waals surface area contributed by atoms with Gasteiger partial charge in [0.15, 0.2) is 0 Å². The van der Waals surface area contributed by atoms with E-state index >= 15 is 0 Å². The molecule has 2 aromatic carbocycles. The molecule has 0 bridgehead atoms. The fraction of sp³-hybridized carbons (Fsp3) is 0.440. The molecule has 35 heavy (non-hydrogen) atoms. The molecule has 0 aliphatic carbocycles. The Labute approximate surface area is 203 Å². The highest BCUT2D eigenvalue weighted by Crippen LogP contribution is 2.12. The molecular weight excluding hydrogens is 460 g/mol. The highest BCUT2D eigenvalue weighted by molar-refractivity contribution is 5.81. The lowest BCUT2D eigenvalue weighted by atomic mass is 10.0. The van der Waals surface area contributed by atoms with Gasteiger partial charge >= 0.3 is 6.09 Å². The molecule has 8 nitrogen and oxygen atoms in total. The minimum absolute atomic E-state index is 0.0116. The Morgan fingerprint density at radius 3 is 2.26 bits per heavy atom. The van der Waals surface area contributed by atoms with Crippen molar-refractivity contribution in [3.8, 4) is 0 Å². The van der Waals surface area contributed by atoms with E-state index in [-0.39, 0.29) is 43.6 Å². The predicted molar refractivity (Wildman–Crippen MR) is 127 cm³/mol. The highest BCUT2D eigenvalue weighted by atomic mass is 19.1. The average molecular weight is 494 g/mol. The van der Waals surface area contributed by atoms with E-state index in [9.17, 15) is 23.5 Å². The molecule has 0 saturated heterocycles. The smallest absolute Gasteiger partial charge is 0.404 e. The van der Waals surface area contributed by atoms with E-state index in [4.69, 9.17) is 9.84 Å². The van der Waals surface area contributed by atoms with E-state index in [1.54, 1.807) is 0 Å². The quantitative estimate of drug-likeness (QED) is 0.276. The molecule has 0 heterocycles. The summed E-state index contributed by atoms with van der Waals surface area (Å²) in [6.07, 6.45) is -2.85. The van der Waals surface area contributed by atoms with Crippen molar-refractivity contribution in [1.29, 1.82) is 0 Å². The number of carbonyl (C=O) groups excluding carboxylic acids is 1. The highest BCUT2D eigenvalue weighted by Gasteiger charge is 2.25. The third kappa shape index (κ3) is 10.8. The van der Waals surface area contributed by atoms with Crippen molar-refractivity contribution in [2.45, 2.75) is 45.1 Å². The van der Waals surface area contributed by atoms with Crippen molar-refractivity contribution < 1.29 is 33.3 Å². The van der Waals surface area contributed by atoms with Crippen LogP contribution >= 0.6 is 0 Å². The van der Waals surface area contributed by atoms with Gasteiger partial charge in [-0.2, -0.15) is 0 Å². The Morgan fingerprint density at radius 2 is 1.66 bits per heavy atom. The van der Waals surface area contributed by atoms with Crippen molar-refractivity contribution >= 4 is 12.0 Å². The SMILES string of the molecule is CC(C)CNC(=O)[C@H](COCc1ccccc1)NC[C@H](O)[C@H](Cc1cc(F)cc(F)c1)NC(=O)O. The lowest BCUT2D eigenvalue weighted by Crippen LogP contribution is -2.54. The molecular formula is C25H33F2N3O5. The van der Waals surface area contributed by atoms with Crippen LogP contribution < -0.4 is 16.0 Å². The second kappa shape index (κ2) is 14.3. The van der Waals surface area contributed by atoms with E-state index in [1.165, 1.54) is 0 Å². The Morgan fingerprint density at radius 1 is 1.00 bits per heavy atom. The number of hydrogen-bond donors (Lipinski definition) is 5. The van der Waals surface area contributed by atoms with Crippen LogP contribution in [-0.4, -0.2) is 60.1 Å². The van der Waals surface area contributed by atoms with Crippen LogP contribution in [0.3, 0.4) is 0 Å². The molecule has 0 radical (unpaired) electrons. The van der Waals surface area contributed by atoms with Crippen LogP contribution in [0.2, 0.25) is 0 Å². The van der Waals surface area contributed by atoms with E-state index in [0.717, 1.165) is 17.7 Å². The molecule has 0 aromatic heterocycles. The van der Waals surface area contributed by atoms with Gasteiger partial charge in [0.2, 0.25) is 5.91 Å². The maximum atomic E-state index is 13.5. The summed E-state index contributed by atoms with van der Waals surface area (Å²) in [5.41, 5.74) is 1.11. The summed E-state index contributed by atoms with van der Waals surface area (Å²) >= 11 is 0. The molecule has 0 aliphatic rings. The van der Waals surface area contributed by atoms with Gasteiger partial charge in [0.25, 0.3) is 0 Å². The van der Waals surface area contributed by atoms with Gasteiger partial charge in [-0.3, -0.25) is 4.79 Å². The van der Waals surface area contributed by atoms with Gasteiger partial charge in [0.05, 0.1) is 25.4 Å².